The molecule has 2 N–H and O–H groups in total. The molecular formula is C18H25N3OS. The van der Waals surface area contributed by atoms with Crippen LogP contribution in [-0.4, -0.2) is 21.1 Å². The fourth-order valence-electron chi connectivity index (χ4n) is 2.92. The van der Waals surface area contributed by atoms with Crippen LogP contribution in [0.25, 0.3) is 0 Å². The Balaban J connectivity index is 1.84. The topological polar surface area (TPSA) is 63.8 Å². The van der Waals surface area contributed by atoms with Crippen LogP contribution in [0.1, 0.15) is 49.0 Å². The van der Waals surface area contributed by atoms with Crippen molar-refractivity contribution in [3.8, 4) is 0 Å². The molecule has 0 radical (unpaired) electrons. The average Bonchev–Trinajstić information content (AvgIpc) is 2.99. The fraction of sp³-hybridized carbons (Fsp3) is 0.500. The Kier molecular flexibility index (Phi) is 5.41. The third kappa shape index (κ3) is 3.97. The summed E-state index contributed by atoms with van der Waals surface area (Å²) in [4.78, 5) is 7.95. The number of nitrogens with zero attached hydrogens (tertiary/aromatic N) is 1. The molecule has 0 fully saturated rings. The highest BCUT2D eigenvalue weighted by Gasteiger charge is 2.31. The first kappa shape index (κ1) is 16.6. The zero-order valence-electron chi connectivity index (χ0n) is 13.8. The van der Waals surface area contributed by atoms with E-state index in [1.807, 2.05) is 30.3 Å². The van der Waals surface area contributed by atoms with Gasteiger partial charge in [-0.2, -0.15) is 4.98 Å². The summed E-state index contributed by atoms with van der Waals surface area (Å²) in [7, 11) is 0. The summed E-state index contributed by atoms with van der Waals surface area (Å²) >= 11 is -1.23. The van der Waals surface area contributed by atoms with Crippen molar-refractivity contribution in [3.05, 3.63) is 47.3 Å². The quantitative estimate of drug-likeness (QED) is 0.798. The van der Waals surface area contributed by atoms with Gasteiger partial charge in [-0.25, -0.2) is 0 Å². The number of nitrogens with one attached hydrogen (secondary N) is 2. The first-order valence-electron chi connectivity index (χ1n) is 8.42. The zero-order valence-corrected chi connectivity index (χ0v) is 14.7. The molecule has 0 amide bonds. The van der Waals surface area contributed by atoms with Gasteiger partial charge in [0.2, 0.25) is 5.37 Å². The second kappa shape index (κ2) is 7.51. The molecule has 1 aromatic heterocycles. The van der Waals surface area contributed by atoms with E-state index in [1.54, 1.807) is 0 Å². The molecule has 0 spiro atoms. The zero-order chi connectivity index (χ0) is 16.2. The standard InChI is InChI=1S/C18H25N3OS/c1-13(2)12-19-17(14-8-4-3-5-9-14)23(22)18-20-15-10-6-7-11-16(15)21-18/h3-5,8-9,13,17,19H,6-7,10-12H2,1-2H3,(H,20,21). The van der Waals surface area contributed by atoms with Crippen molar-refractivity contribution >= 4 is 11.2 Å². The number of H-pyrrole nitrogens is 1. The van der Waals surface area contributed by atoms with Crippen molar-refractivity contribution < 1.29 is 4.55 Å². The summed E-state index contributed by atoms with van der Waals surface area (Å²) < 4.78 is 13.1. The number of hydrogen-bond acceptors (Lipinski definition) is 3. The second-order valence-corrected chi connectivity index (χ2v) is 8.02. The van der Waals surface area contributed by atoms with Gasteiger partial charge in [0, 0.05) is 29.0 Å². The summed E-state index contributed by atoms with van der Waals surface area (Å²) in [5.74, 6) is 0.503. The van der Waals surface area contributed by atoms with E-state index in [0.29, 0.717) is 11.1 Å². The van der Waals surface area contributed by atoms with Crippen molar-refractivity contribution in [1.29, 1.82) is 0 Å². The van der Waals surface area contributed by atoms with Gasteiger partial charge in [-0.3, -0.25) is 5.32 Å². The van der Waals surface area contributed by atoms with E-state index in [0.717, 1.165) is 30.6 Å². The molecule has 0 saturated carbocycles. The van der Waals surface area contributed by atoms with Crippen LogP contribution < -0.4 is 5.32 Å². The Morgan fingerprint density at radius 1 is 1.22 bits per heavy atom. The fourth-order valence-corrected chi connectivity index (χ4v) is 4.22. The van der Waals surface area contributed by atoms with Crippen LogP contribution in [0.15, 0.2) is 35.5 Å². The van der Waals surface area contributed by atoms with Crippen molar-refractivity contribution in [2.75, 3.05) is 6.54 Å². The minimum atomic E-state index is -1.23. The van der Waals surface area contributed by atoms with Gasteiger partial charge in [0.15, 0.2) is 0 Å². The number of imidazole rings is 1. The molecule has 0 bridgehead atoms. The van der Waals surface area contributed by atoms with Crippen LogP contribution in [0, 0.1) is 5.92 Å². The van der Waals surface area contributed by atoms with E-state index in [-0.39, 0.29) is 5.37 Å². The van der Waals surface area contributed by atoms with Crippen molar-refractivity contribution in [2.24, 2.45) is 5.92 Å². The maximum Gasteiger partial charge on any atom is 0.322 e. The maximum atomic E-state index is 13.1. The average molecular weight is 331 g/mol. The van der Waals surface area contributed by atoms with Crippen molar-refractivity contribution in [2.45, 2.75) is 50.1 Å². The van der Waals surface area contributed by atoms with E-state index < -0.39 is 11.2 Å². The summed E-state index contributed by atoms with van der Waals surface area (Å²) in [6.45, 7) is 5.14. The summed E-state index contributed by atoms with van der Waals surface area (Å²) in [5.41, 5.74) is 3.33. The SMILES string of the molecule is CC(C)CNC(c1ccccc1)[S+]([O-])c1nc2c([nH]1)CCCC2. The van der Waals surface area contributed by atoms with E-state index in [1.165, 1.54) is 18.5 Å². The first-order valence-corrected chi connectivity index (χ1v) is 9.63. The maximum absolute atomic E-state index is 13.1. The molecular weight excluding hydrogens is 306 g/mol. The highest BCUT2D eigenvalue weighted by atomic mass is 32.2. The lowest BCUT2D eigenvalue weighted by molar-refractivity contribution is 0.509. The number of aryl methyl sites for hydroxylation is 2. The Morgan fingerprint density at radius 2 is 1.96 bits per heavy atom. The molecule has 0 saturated heterocycles. The van der Waals surface area contributed by atoms with Crippen LogP contribution >= 0.6 is 0 Å². The van der Waals surface area contributed by atoms with Gasteiger partial charge < -0.3 is 9.54 Å². The molecule has 1 aliphatic rings. The second-order valence-electron chi connectivity index (χ2n) is 6.56. The molecule has 1 aromatic carbocycles. The van der Waals surface area contributed by atoms with Crippen LogP contribution in [0.4, 0.5) is 0 Å². The Morgan fingerprint density at radius 3 is 2.65 bits per heavy atom. The van der Waals surface area contributed by atoms with E-state index in [4.69, 9.17) is 0 Å². The van der Waals surface area contributed by atoms with Gasteiger partial charge in [0.25, 0.3) is 0 Å². The minimum absolute atomic E-state index is 0.230. The first-order chi connectivity index (χ1) is 11.1. The van der Waals surface area contributed by atoms with Crippen molar-refractivity contribution in [3.63, 3.8) is 0 Å². The normalized spacial score (nSPS) is 17.0. The molecule has 2 unspecified atom stereocenters. The molecule has 4 nitrogen and oxygen atoms in total. The summed E-state index contributed by atoms with van der Waals surface area (Å²) in [6.07, 6.45) is 4.39. The summed E-state index contributed by atoms with van der Waals surface area (Å²) in [6, 6.07) is 10.0. The lowest BCUT2D eigenvalue weighted by Crippen LogP contribution is -2.32. The van der Waals surface area contributed by atoms with Crippen LogP contribution in [-0.2, 0) is 24.0 Å². The highest BCUT2D eigenvalue weighted by Crippen LogP contribution is 2.28. The molecule has 0 aliphatic heterocycles. The van der Waals surface area contributed by atoms with Gasteiger partial charge in [0.1, 0.15) is 0 Å². The van der Waals surface area contributed by atoms with Gasteiger partial charge >= 0.3 is 5.16 Å². The Hall–Kier alpha value is -1.30. The van der Waals surface area contributed by atoms with Gasteiger partial charge in [-0.1, -0.05) is 44.2 Å². The third-order valence-electron chi connectivity index (χ3n) is 4.15. The monoisotopic (exact) mass is 331 g/mol. The van der Waals surface area contributed by atoms with Gasteiger partial charge in [0.05, 0.1) is 5.69 Å². The molecule has 3 rings (SSSR count). The van der Waals surface area contributed by atoms with Gasteiger partial charge in [-0.15, -0.1) is 0 Å². The van der Waals surface area contributed by atoms with Crippen LogP contribution in [0.2, 0.25) is 0 Å². The number of aromatic amines is 1. The molecule has 1 heterocycles. The lowest BCUT2D eigenvalue weighted by atomic mass is 10.0. The van der Waals surface area contributed by atoms with Gasteiger partial charge in [-0.05, 0) is 31.6 Å². The summed E-state index contributed by atoms with van der Waals surface area (Å²) in [5, 5.41) is 3.84. The number of benzene rings is 1. The smallest absolute Gasteiger partial charge is 0.322 e. The molecule has 2 atom stereocenters. The number of fused-ring (bicyclic) bond motifs is 1. The Labute approximate surface area is 141 Å². The highest BCUT2D eigenvalue weighted by molar-refractivity contribution is 7.91. The van der Waals surface area contributed by atoms with E-state index in [9.17, 15) is 4.55 Å². The molecule has 2 aromatic rings. The van der Waals surface area contributed by atoms with E-state index >= 15 is 0 Å². The number of aromatic nitrogens is 2. The van der Waals surface area contributed by atoms with Crippen molar-refractivity contribution in [1.82, 2.24) is 15.3 Å². The van der Waals surface area contributed by atoms with Crippen LogP contribution in [0.3, 0.4) is 0 Å². The molecule has 23 heavy (non-hydrogen) atoms. The number of rotatable bonds is 6. The van der Waals surface area contributed by atoms with E-state index in [2.05, 4.69) is 29.1 Å². The predicted molar refractivity (Wildman–Crippen MR) is 93.7 cm³/mol. The van der Waals surface area contributed by atoms with Crippen LogP contribution in [0.5, 0.6) is 0 Å². The Bertz CT molecular complexity index is 603. The molecule has 1 aliphatic carbocycles. The molecule has 5 heteroatoms. The minimum Gasteiger partial charge on any atom is -0.607 e. The largest absolute Gasteiger partial charge is 0.607 e. The predicted octanol–water partition coefficient (Wildman–Crippen LogP) is 3.34. The number of hydrogen-bond donors (Lipinski definition) is 2. The molecule has 124 valence electrons. The lowest BCUT2D eigenvalue weighted by Gasteiger charge is -2.22. The third-order valence-corrected chi connectivity index (χ3v) is 5.59.